The lowest BCUT2D eigenvalue weighted by atomic mass is 10.0. The normalized spacial score (nSPS) is 15.0. The van der Waals surface area contributed by atoms with Gasteiger partial charge in [0.25, 0.3) is 0 Å². The summed E-state index contributed by atoms with van der Waals surface area (Å²) in [5.74, 6) is 0. The summed E-state index contributed by atoms with van der Waals surface area (Å²) in [6.07, 6.45) is 0. The predicted octanol–water partition coefficient (Wildman–Crippen LogP) is 13.0. The molecule has 0 radical (unpaired) electrons. The van der Waals surface area contributed by atoms with E-state index in [1.807, 2.05) is 23.1 Å². The van der Waals surface area contributed by atoms with Crippen molar-refractivity contribution in [1.82, 2.24) is 4.57 Å². The molecule has 1 nitrogen and oxygen atoms in total. The van der Waals surface area contributed by atoms with Crippen LogP contribution in [0.2, 0.25) is 0 Å². The third-order valence-corrected chi connectivity index (χ3v) is 20.5. The average Bonchev–Trinajstić information content (AvgIpc) is 3.86. The Morgan fingerprint density at radius 2 is 0.967 bits per heavy atom. The zero-order valence-electron chi connectivity index (χ0n) is 32.5. The van der Waals surface area contributed by atoms with Crippen molar-refractivity contribution >= 4 is 115 Å². The molecule has 0 fully saturated rings. The zero-order chi connectivity index (χ0) is 39.4. The maximum absolute atomic E-state index is 3.22. The molecule has 4 heteroatoms. The molecular weight excluding hydrogens is 779 g/mol. The van der Waals surface area contributed by atoms with Crippen LogP contribution >= 0.6 is 23.1 Å². The van der Waals surface area contributed by atoms with Gasteiger partial charge in [-0.2, -0.15) is 0 Å². The molecule has 0 bridgehead atoms. The van der Waals surface area contributed by atoms with Crippen molar-refractivity contribution in [3.63, 3.8) is 0 Å². The Morgan fingerprint density at radius 3 is 1.78 bits per heavy atom. The molecule has 3 heterocycles. The second-order valence-electron chi connectivity index (χ2n) is 15.9. The first kappa shape index (κ1) is 34.2. The van der Waals surface area contributed by atoms with Gasteiger partial charge in [0, 0.05) is 46.4 Å². The lowest BCUT2D eigenvalue weighted by molar-refractivity contribution is 1.19. The van der Waals surface area contributed by atoms with Gasteiger partial charge in [-0.15, -0.1) is 11.3 Å². The largest absolute Gasteiger partial charge is 0.309 e. The summed E-state index contributed by atoms with van der Waals surface area (Å²) in [6, 6.07) is 80.5. The number of hydrogen-bond acceptors (Lipinski definition) is 2. The van der Waals surface area contributed by atoms with Crippen LogP contribution in [-0.2, 0) is 0 Å². The summed E-state index contributed by atoms with van der Waals surface area (Å²) in [6.45, 7) is 0. The standard InChI is InChI=1S/C56H35NS2Si/c1-2-17-38-36(16-1)35-55(45-22-4-3-18-40(38)45)60(52-29-13-10-26-48(52)57-46-24-8-5-19-41(46)42-20-6-9-25-47(42)57)53-30-14-12-28-50(53)59-56-39(23-15-31-54(56)60)37-32-33-44-43-21-7-11-27-49(43)58-51(44)34-37/h1-35H. The second-order valence-corrected chi connectivity index (χ2v) is 21.7. The molecule has 0 amide bonds. The van der Waals surface area contributed by atoms with Crippen LogP contribution < -0.4 is 20.7 Å². The molecule has 280 valence electrons. The molecule has 1 aliphatic heterocycles. The highest BCUT2D eigenvalue weighted by Gasteiger charge is 2.50. The smallest absolute Gasteiger partial charge is 0.184 e. The van der Waals surface area contributed by atoms with Gasteiger partial charge in [0.2, 0.25) is 0 Å². The zero-order valence-corrected chi connectivity index (χ0v) is 35.1. The van der Waals surface area contributed by atoms with Crippen LogP contribution in [0.5, 0.6) is 0 Å². The van der Waals surface area contributed by atoms with Gasteiger partial charge >= 0.3 is 0 Å². The average molecular weight is 814 g/mol. The van der Waals surface area contributed by atoms with E-state index in [1.165, 1.54) is 111 Å². The third-order valence-electron chi connectivity index (χ3n) is 12.9. The van der Waals surface area contributed by atoms with Crippen LogP contribution in [0.25, 0.3) is 80.3 Å². The minimum Gasteiger partial charge on any atom is -0.309 e. The van der Waals surface area contributed by atoms with Crippen molar-refractivity contribution in [2.75, 3.05) is 0 Å². The SMILES string of the molecule is c1ccc2c(c1)Sc1c(-c3ccc4c(c3)sc3ccccc34)cccc1[Si]2(c1ccccc1-n1c2ccccc2c2ccccc21)c1cc2ccccc2c2ccccc12. The van der Waals surface area contributed by atoms with Gasteiger partial charge in [-0.05, 0) is 89.8 Å². The summed E-state index contributed by atoms with van der Waals surface area (Å²) in [7, 11) is -3.22. The highest BCUT2D eigenvalue weighted by atomic mass is 32.2. The van der Waals surface area contributed by atoms with Gasteiger partial charge in [0.15, 0.2) is 8.07 Å². The fourth-order valence-electron chi connectivity index (χ4n) is 10.4. The molecule has 0 spiro atoms. The highest BCUT2D eigenvalue weighted by molar-refractivity contribution is 8.00. The summed E-state index contributed by atoms with van der Waals surface area (Å²) in [4.78, 5) is 2.69. The van der Waals surface area contributed by atoms with E-state index < -0.39 is 8.07 Å². The van der Waals surface area contributed by atoms with Crippen molar-refractivity contribution in [1.29, 1.82) is 0 Å². The van der Waals surface area contributed by atoms with Crippen molar-refractivity contribution < 1.29 is 0 Å². The fraction of sp³-hybridized carbons (Fsp3) is 0. The number of para-hydroxylation sites is 3. The van der Waals surface area contributed by atoms with E-state index in [4.69, 9.17) is 0 Å². The number of aromatic nitrogens is 1. The van der Waals surface area contributed by atoms with E-state index in [2.05, 4.69) is 217 Å². The molecule has 2 aromatic heterocycles. The molecule has 0 saturated heterocycles. The van der Waals surface area contributed by atoms with Crippen LogP contribution in [0.4, 0.5) is 0 Å². The molecule has 1 unspecified atom stereocenters. The van der Waals surface area contributed by atoms with E-state index >= 15 is 0 Å². The first-order chi connectivity index (χ1) is 29.8. The quantitative estimate of drug-likeness (QED) is 0.127. The van der Waals surface area contributed by atoms with Crippen LogP contribution in [0.1, 0.15) is 0 Å². The first-order valence-electron chi connectivity index (χ1n) is 20.6. The monoisotopic (exact) mass is 813 g/mol. The Hall–Kier alpha value is -6.69. The maximum Gasteiger partial charge on any atom is 0.184 e. The Labute approximate surface area is 356 Å². The van der Waals surface area contributed by atoms with Crippen molar-refractivity contribution in [2.45, 2.75) is 9.79 Å². The first-order valence-corrected chi connectivity index (χ1v) is 24.2. The van der Waals surface area contributed by atoms with Gasteiger partial charge < -0.3 is 4.57 Å². The predicted molar refractivity (Wildman–Crippen MR) is 262 cm³/mol. The number of nitrogens with zero attached hydrogens (tertiary/aromatic N) is 1. The number of thiophene rings is 1. The highest BCUT2D eigenvalue weighted by Crippen LogP contribution is 2.43. The van der Waals surface area contributed by atoms with Gasteiger partial charge in [-0.1, -0.05) is 188 Å². The van der Waals surface area contributed by atoms with Crippen molar-refractivity contribution in [3.8, 4) is 16.8 Å². The van der Waals surface area contributed by atoms with E-state index in [1.54, 1.807) is 0 Å². The summed E-state index contributed by atoms with van der Waals surface area (Å²) in [5, 5.41) is 16.1. The molecule has 1 atom stereocenters. The molecule has 10 aromatic carbocycles. The van der Waals surface area contributed by atoms with Gasteiger partial charge in [0.05, 0.1) is 11.0 Å². The molecular formula is C56H35NS2Si. The lowest BCUT2D eigenvalue weighted by Crippen LogP contribution is -2.77. The van der Waals surface area contributed by atoms with Crippen LogP contribution in [-0.4, -0.2) is 12.6 Å². The number of hydrogen-bond donors (Lipinski definition) is 0. The van der Waals surface area contributed by atoms with Gasteiger partial charge in [0.1, 0.15) is 0 Å². The van der Waals surface area contributed by atoms with E-state index in [0.29, 0.717) is 0 Å². The van der Waals surface area contributed by atoms with E-state index in [9.17, 15) is 0 Å². The molecule has 13 rings (SSSR count). The minimum atomic E-state index is -3.22. The minimum absolute atomic E-state index is 1.22. The molecule has 0 N–H and O–H groups in total. The van der Waals surface area contributed by atoms with Crippen molar-refractivity contribution in [2.24, 2.45) is 0 Å². The lowest BCUT2D eigenvalue weighted by Gasteiger charge is -2.42. The van der Waals surface area contributed by atoms with Crippen molar-refractivity contribution in [3.05, 3.63) is 212 Å². The number of rotatable bonds is 4. The summed E-state index contributed by atoms with van der Waals surface area (Å²) >= 11 is 3.85. The van der Waals surface area contributed by atoms with Crippen LogP contribution in [0.15, 0.2) is 222 Å². The summed E-state index contributed by atoms with van der Waals surface area (Å²) < 4.78 is 5.22. The number of fused-ring (bicyclic) bond motifs is 11. The van der Waals surface area contributed by atoms with Gasteiger partial charge in [-0.25, -0.2) is 0 Å². The van der Waals surface area contributed by atoms with E-state index in [-0.39, 0.29) is 0 Å². The molecule has 0 saturated carbocycles. The molecule has 0 aliphatic carbocycles. The number of benzene rings is 10. The van der Waals surface area contributed by atoms with Crippen LogP contribution in [0.3, 0.4) is 0 Å². The molecule has 12 aromatic rings. The Bertz CT molecular complexity index is 3670. The summed E-state index contributed by atoms with van der Waals surface area (Å²) in [5.41, 5.74) is 6.25. The fourth-order valence-corrected chi connectivity index (χ4v) is 19.1. The van der Waals surface area contributed by atoms with Gasteiger partial charge in [-0.3, -0.25) is 0 Å². The second kappa shape index (κ2) is 13.2. The van der Waals surface area contributed by atoms with E-state index in [0.717, 1.165) is 0 Å². The Kier molecular flexibility index (Phi) is 7.50. The third kappa shape index (κ3) is 4.75. The molecule has 1 aliphatic rings. The van der Waals surface area contributed by atoms with Crippen LogP contribution in [0, 0.1) is 0 Å². The maximum atomic E-state index is 2.57. The Morgan fingerprint density at radius 1 is 0.367 bits per heavy atom. The Balaban J connectivity index is 1.21. The molecule has 60 heavy (non-hydrogen) atoms. The topological polar surface area (TPSA) is 4.93 Å².